The van der Waals surface area contributed by atoms with Crippen LogP contribution < -0.4 is 0 Å². The molecule has 0 radical (unpaired) electrons. The lowest BCUT2D eigenvalue weighted by atomic mass is 9.80. The first kappa shape index (κ1) is 13.1. The maximum absolute atomic E-state index is 6.18. The molecule has 0 saturated carbocycles. The molecule has 2 heterocycles. The van der Waals surface area contributed by atoms with E-state index in [2.05, 4.69) is 59.5 Å². The summed E-state index contributed by atoms with van der Waals surface area (Å²) in [4.78, 5) is 2.55. The Labute approximate surface area is 130 Å². The fraction of sp³-hybridized carbons (Fsp3) is 0.263. The molecule has 0 spiro atoms. The van der Waals surface area contributed by atoms with E-state index in [-0.39, 0.29) is 0 Å². The van der Waals surface area contributed by atoms with Crippen LogP contribution in [0.5, 0.6) is 0 Å². The molecular weight excluding hydrogens is 278 g/mol. The molecule has 1 fully saturated rings. The van der Waals surface area contributed by atoms with Gasteiger partial charge in [0, 0.05) is 36.5 Å². The number of hydrogen-bond donors (Lipinski definition) is 0. The summed E-state index contributed by atoms with van der Waals surface area (Å²) in [7, 11) is 0. The molecule has 2 bridgehead atoms. The second-order valence-corrected chi connectivity index (χ2v) is 6.45. The highest BCUT2D eigenvalue weighted by Crippen LogP contribution is 2.43. The van der Waals surface area contributed by atoms with E-state index < -0.39 is 0 Å². The van der Waals surface area contributed by atoms with Gasteiger partial charge in [-0.15, -0.1) is 0 Å². The Morgan fingerprint density at radius 2 is 1.71 bits per heavy atom. The predicted octanol–water partition coefficient (Wildman–Crippen LogP) is 4.45. The summed E-state index contributed by atoms with van der Waals surface area (Å²) in [6, 6.07) is 19.2. The van der Waals surface area contributed by atoms with E-state index in [9.17, 15) is 0 Å². The van der Waals surface area contributed by atoms with Crippen molar-refractivity contribution in [1.29, 1.82) is 0 Å². The van der Waals surface area contributed by atoms with Gasteiger partial charge in [-0.05, 0) is 28.8 Å². The van der Waals surface area contributed by atoms with Crippen LogP contribution in [0.3, 0.4) is 0 Å². The topological polar surface area (TPSA) is 3.24 Å². The lowest BCUT2D eigenvalue weighted by Crippen LogP contribution is -2.24. The minimum absolute atomic E-state index is 0.583. The van der Waals surface area contributed by atoms with Gasteiger partial charge < -0.3 is 0 Å². The van der Waals surface area contributed by atoms with Gasteiger partial charge in [-0.2, -0.15) is 0 Å². The molecule has 0 amide bonds. The Morgan fingerprint density at radius 1 is 0.905 bits per heavy atom. The van der Waals surface area contributed by atoms with E-state index in [1.165, 1.54) is 16.7 Å². The second kappa shape index (κ2) is 5.32. The van der Waals surface area contributed by atoms with E-state index in [1.807, 2.05) is 6.07 Å². The molecule has 2 aliphatic rings. The van der Waals surface area contributed by atoms with Gasteiger partial charge >= 0.3 is 0 Å². The first-order valence-corrected chi connectivity index (χ1v) is 7.92. The van der Waals surface area contributed by atoms with Crippen LogP contribution in [0.4, 0.5) is 0 Å². The number of benzene rings is 2. The van der Waals surface area contributed by atoms with Crippen LogP contribution in [0, 0.1) is 5.92 Å². The van der Waals surface area contributed by atoms with E-state index in [4.69, 9.17) is 11.6 Å². The molecule has 2 aromatic carbocycles. The van der Waals surface area contributed by atoms with Crippen LogP contribution >= 0.6 is 11.6 Å². The SMILES string of the molecule is Clc1cccc(C2=CCN3C[C@H]2[C@H](c2ccccc2)C3)c1. The lowest BCUT2D eigenvalue weighted by molar-refractivity contribution is 0.360. The number of fused-ring (bicyclic) bond motifs is 2. The second-order valence-electron chi connectivity index (χ2n) is 6.01. The lowest BCUT2D eigenvalue weighted by Gasteiger charge is -2.25. The average Bonchev–Trinajstić information content (AvgIpc) is 2.85. The summed E-state index contributed by atoms with van der Waals surface area (Å²) in [5, 5.41) is 0.824. The highest BCUT2D eigenvalue weighted by molar-refractivity contribution is 6.30. The van der Waals surface area contributed by atoms with Crippen molar-refractivity contribution in [2.24, 2.45) is 5.92 Å². The van der Waals surface area contributed by atoms with E-state index in [1.54, 1.807) is 0 Å². The van der Waals surface area contributed by atoms with Crippen molar-refractivity contribution in [3.05, 3.63) is 76.8 Å². The summed E-state index contributed by atoms with van der Waals surface area (Å²) in [5.41, 5.74) is 4.22. The van der Waals surface area contributed by atoms with Gasteiger partial charge in [0.2, 0.25) is 0 Å². The number of hydrogen-bond acceptors (Lipinski definition) is 1. The van der Waals surface area contributed by atoms with Crippen molar-refractivity contribution >= 4 is 17.2 Å². The van der Waals surface area contributed by atoms with E-state index in [0.29, 0.717) is 11.8 Å². The van der Waals surface area contributed by atoms with Gasteiger partial charge in [0.05, 0.1) is 0 Å². The highest BCUT2D eigenvalue weighted by Gasteiger charge is 2.38. The first-order valence-electron chi connectivity index (χ1n) is 7.54. The number of rotatable bonds is 2. The monoisotopic (exact) mass is 295 g/mol. The van der Waals surface area contributed by atoms with Gasteiger partial charge in [-0.25, -0.2) is 0 Å². The molecule has 0 aromatic heterocycles. The largest absolute Gasteiger partial charge is 0.298 e. The van der Waals surface area contributed by atoms with Crippen LogP contribution in [-0.2, 0) is 0 Å². The smallest absolute Gasteiger partial charge is 0.0412 e. The Balaban J connectivity index is 1.72. The molecule has 4 rings (SSSR count). The van der Waals surface area contributed by atoms with Crippen LogP contribution in [0.25, 0.3) is 5.57 Å². The molecule has 21 heavy (non-hydrogen) atoms. The van der Waals surface area contributed by atoms with Gasteiger partial charge in [0.1, 0.15) is 0 Å². The Kier molecular flexibility index (Phi) is 3.33. The molecular formula is C19H18ClN. The van der Waals surface area contributed by atoms with Crippen molar-refractivity contribution in [3.8, 4) is 0 Å². The maximum atomic E-state index is 6.18. The third-order valence-corrected chi connectivity index (χ3v) is 4.99. The molecule has 2 heteroatoms. The predicted molar refractivity (Wildman–Crippen MR) is 88.5 cm³/mol. The first-order chi connectivity index (χ1) is 10.3. The van der Waals surface area contributed by atoms with Gasteiger partial charge in [-0.1, -0.05) is 60.1 Å². The molecule has 1 nitrogen and oxygen atoms in total. The zero-order valence-corrected chi connectivity index (χ0v) is 12.6. The van der Waals surface area contributed by atoms with Crippen LogP contribution in [0.1, 0.15) is 17.0 Å². The van der Waals surface area contributed by atoms with Gasteiger partial charge in [0.25, 0.3) is 0 Å². The Hall–Kier alpha value is -1.57. The summed E-state index contributed by atoms with van der Waals surface area (Å²) in [6.07, 6.45) is 2.39. The van der Waals surface area contributed by atoms with Crippen molar-refractivity contribution < 1.29 is 0 Å². The molecule has 106 valence electrons. The summed E-state index contributed by atoms with van der Waals surface area (Å²) in [5.74, 6) is 1.18. The maximum Gasteiger partial charge on any atom is 0.0412 e. The van der Waals surface area contributed by atoms with E-state index >= 15 is 0 Å². The van der Waals surface area contributed by atoms with Crippen molar-refractivity contribution in [2.75, 3.05) is 19.6 Å². The highest BCUT2D eigenvalue weighted by atomic mass is 35.5. The summed E-state index contributed by atoms with van der Waals surface area (Å²) >= 11 is 6.18. The summed E-state index contributed by atoms with van der Waals surface area (Å²) in [6.45, 7) is 3.38. The number of nitrogens with zero attached hydrogens (tertiary/aromatic N) is 1. The molecule has 3 atom stereocenters. The quantitative estimate of drug-likeness (QED) is 0.791. The molecule has 1 saturated heterocycles. The standard InChI is InChI=1S/C19H18ClN/c20-16-8-4-7-15(11-16)17-9-10-21-12-18(19(17)13-21)14-5-2-1-3-6-14/h1-9,11,18-19H,10,12-13H2/t18-,19+/m0/s1. The molecule has 1 unspecified atom stereocenters. The summed E-state index contributed by atoms with van der Waals surface area (Å²) < 4.78 is 0. The molecule has 2 aromatic rings. The number of halogens is 1. The van der Waals surface area contributed by atoms with Crippen LogP contribution in [0.2, 0.25) is 5.02 Å². The van der Waals surface area contributed by atoms with E-state index in [0.717, 1.165) is 24.7 Å². The third kappa shape index (κ3) is 2.41. The Morgan fingerprint density at radius 3 is 2.52 bits per heavy atom. The minimum Gasteiger partial charge on any atom is -0.298 e. The molecule has 0 N–H and O–H groups in total. The van der Waals surface area contributed by atoms with Gasteiger partial charge in [0.15, 0.2) is 0 Å². The zero-order chi connectivity index (χ0) is 14.2. The van der Waals surface area contributed by atoms with Gasteiger partial charge in [-0.3, -0.25) is 4.90 Å². The Bertz CT molecular complexity index is 677. The minimum atomic E-state index is 0.583. The third-order valence-electron chi connectivity index (χ3n) is 4.75. The average molecular weight is 296 g/mol. The molecule has 0 aliphatic carbocycles. The van der Waals surface area contributed by atoms with Crippen molar-refractivity contribution in [1.82, 2.24) is 4.90 Å². The molecule has 2 aliphatic heterocycles. The normalized spacial score (nSPS) is 27.5. The van der Waals surface area contributed by atoms with Crippen LogP contribution in [-0.4, -0.2) is 24.5 Å². The van der Waals surface area contributed by atoms with Crippen molar-refractivity contribution in [3.63, 3.8) is 0 Å². The fourth-order valence-electron chi connectivity index (χ4n) is 3.77. The van der Waals surface area contributed by atoms with Crippen molar-refractivity contribution in [2.45, 2.75) is 5.92 Å². The fourth-order valence-corrected chi connectivity index (χ4v) is 3.96. The van der Waals surface area contributed by atoms with Crippen LogP contribution in [0.15, 0.2) is 60.7 Å². The zero-order valence-electron chi connectivity index (χ0n) is 11.9.